The van der Waals surface area contributed by atoms with Crippen LogP contribution in [0, 0.1) is 5.92 Å². The monoisotopic (exact) mass is 228 g/mol. The number of rotatable bonds is 8. The van der Waals surface area contributed by atoms with Gasteiger partial charge in [0.05, 0.1) is 13.2 Å². The molecular formula is C12H20O4. The average molecular weight is 228 g/mol. The van der Waals surface area contributed by atoms with Crippen LogP contribution in [0.2, 0.25) is 0 Å². The summed E-state index contributed by atoms with van der Waals surface area (Å²) in [5, 5.41) is 0. The van der Waals surface area contributed by atoms with Crippen molar-refractivity contribution >= 4 is 11.9 Å². The molecule has 0 radical (unpaired) electrons. The molecule has 0 bridgehead atoms. The Labute approximate surface area is 96.6 Å². The van der Waals surface area contributed by atoms with E-state index in [0.29, 0.717) is 25.4 Å². The molecule has 16 heavy (non-hydrogen) atoms. The van der Waals surface area contributed by atoms with Crippen molar-refractivity contribution in [3.63, 3.8) is 0 Å². The minimum Gasteiger partial charge on any atom is -0.466 e. The van der Waals surface area contributed by atoms with Crippen LogP contribution in [0.4, 0.5) is 0 Å². The molecule has 0 amide bonds. The lowest BCUT2D eigenvalue weighted by Crippen LogP contribution is -2.10. The topological polar surface area (TPSA) is 52.6 Å². The summed E-state index contributed by atoms with van der Waals surface area (Å²) in [6, 6.07) is 0. The largest absolute Gasteiger partial charge is 0.466 e. The third-order valence-corrected chi connectivity index (χ3v) is 1.89. The van der Waals surface area contributed by atoms with Crippen molar-refractivity contribution in [2.75, 3.05) is 13.2 Å². The van der Waals surface area contributed by atoms with Gasteiger partial charge in [-0.1, -0.05) is 20.4 Å². The number of hydrogen-bond acceptors (Lipinski definition) is 4. The zero-order chi connectivity index (χ0) is 12.4. The highest BCUT2D eigenvalue weighted by molar-refractivity contribution is 5.81. The number of carbonyl (C=O) groups excluding carboxylic acids is 2. The number of esters is 2. The zero-order valence-corrected chi connectivity index (χ0v) is 10.0. The molecule has 0 saturated carbocycles. The highest BCUT2D eigenvalue weighted by Crippen LogP contribution is 2.04. The third-order valence-electron chi connectivity index (χ3n) is 1.89. The summed E-state index contributed by atoms with van der Waals surface area (Å²) in [6.07, 6.45) is 2.91. The molecule has 0 aliphatic carbocycles. The van der Waals surface area contributed by atoms with E-state index < -0.39 is 5.97 Å². The molecule has 0 fully saturated rings. The van der Waals surface area contributed by atoms with Crippen molar-refractivity contribution in [2.45, 2.75) is 33.1 Å². The summed E-state index contributed by atoms with van der Waals surface area (Å²) >= 11 is 0. The second-order valence-electron chi connectivity index (χ2n) is 3.88. The average Bonchev–Trinajstić information content (AvgIpc) is 2.25. The van der Waals surface area contributed by atoms with Gasteiger partial charge in [-0.2, -0.15) is 0 Å². The normalized spacial score (nSPS) is 9.94. The van der Waals surface area contributed by atoms with Crippen molar-refractivity contribution in [1.29, 1.82) is 0 Å². The molecule has 0 aliphatic heterocycles. The Balaban J connectivity index is 3.34. The van der Waals surface area contributed by atoms with Gasteiger partial charge in [0.25, 0.3) is 0 Å². The van der Waals surface area contributed by atoms with Crippen molar-refractivity contribution in [3.8, 4) is 0 Å². The summed E-state index contributed by atoms with van der Waals surface area (Å²) < 4.78 is 9.67. The Morgan fingerprint density at radius 3 is 2.44 bits per heavy atom. The molecule has 0 rings (SSSR count). The van der Waals surface area contributed by atoms with Gasteiger partial charge < -0.3 is 9.47 Å². The van der Waals surface area contributed by atoms with Crippen LogP contribution in [0.3, 0.4) is 0 Å². The molecule has 0 N–H and O–H groups in total. The predicted molar refractivity (Wildman–Crippen MR) is 60.8 cm³/mol. The van der Waals surface area contributed by atoms with Crippen molar-refractivity contribution < 1.29 is 19.1 Å². The first kappa shape index (κ1) is 14.7. The van der Waals surface area contributed by atoms with Crippen LogP contribution in [0.5, 0.6) is 0 Å². The van der Waals surface area contributed by atoms with Crippen molar-refractivity contribution in [2.24, 2.45) is 5.92 Å². The quantitative estimate of drug-likeness (QED) is 0.362. The predicted octanol–water partition coefficient (Wildman–Crippen LogP) is 2.09. The molecule has 4 heteroatoms. The molecule has 0 aliphatic rings. The van der Waals surface area contributed by atoms with Crippen LogP contribution in [0.15, 0.2) is 12.7 Å². The number of carbonyl (C=O) groups is 2. The Morgan fingerprint density at radius 2 is 1.88 bits per heavy atom. The highest BCUT2D eigenvalue weighted by Gasteiger charge is 2.04. The van der Waals surface area contributed by atoms with E-state index >= 15 is 0 Å². The second kappa shape index (κ2) is 8.95. The van der Waals surface area contributed by atoms with Crippen LogP contribution in [-0.4, -0.2) is 25.2 Å². The maximum atomic E-state index is 11.2. The maximum Gasteiger partial charge on any atom is 0.330 e. The molecule has 0 atom stereocenters. The fourth-order valence-corrected chi connectivity index (χ4v) is 0.955. The number of hydrogen-bond donors (Lipinski definition) is 0. The van der Waals surface area contributed by atoms with Gasteiger partial charge in [0.15, 0.2) is 0 Å². The minimum absolute atomic E-state index is 0.191. The lowest BCUT2D eigenvalue weighted by atomic mass is 10.1. The molecule has 0 unspecified atom stereocenters. The van der Waals surface area contributed by atoms with E-state index in [9.17, 15) is 9.59 Å². The van der Waals surface area contributed by atoms with Crippen LogP contribution in [0.1, 0.15) is 33.1 Å². The standard InChI is InChI=1S/C12H20O4/c1-4-11(13)15-8-5-9-16-12(14)7-6-10(2)3/h4,10H,1,5-9H2,2-3H3. The van der Waals surface area contributed by atoms with Crippen LogP contribution >= 0.6 is 0 Å². The van der Waals surface area contributed by atoms with Gasteiger partial charge in [-0.25, -0.2) is 4.79 Å². The van der Waals surface area contributed by atoms with Crippen LogP contribution < -0.4 is 0 Å². The smallest absolute Gasteiger partial charge is 0.330 e. The van der Waals surface area contributed by atoms with Gasteiger partial charge in [-0.05, 0) is 12.3 Å². The first-order valence-electron chi connectivity index (χ1n) is 5.51. The summed E-state index contributed by atoms with van der Waals surface area (Å²) in [5.41, 5.74) is 0. The molecule has 0 saturated heterocycles. The molecule has 0 heterocycles. The Kier molecular flexibility index (Phi) is 8.21. The van der Waals surface area contributed by atoms with Crippen molar-refractivity contribution in [3.05, 3.63) is 12.7 Å². The third kappa shape index (κ3) is 9.24. The van der Waals surface area contributed by atoms with E-state index in [0.717, 1.165) is 12.5 Å². The summed E-state index contributed by atoms with van der Waals surface area (Å²) in [4.78, 5) is 21.8. The summed E-state index contributed by atoms with van der Waals surface area (Å²) in [5.74, 6) is -0.143. The van der Waals surface area contributed by atoms with Crippen LogP contribution in [0.25, 0.3) is 0 Å². The fraction of sp³-hybridized carbons (Fsp3) is 0.667. The van der Waals surface area contributed by atoms with Gasteiger partial charge >= 0.3 is 11.9 Å². The Morgan fingerprint density at radius 1 is 1.25 bits per heavy atom. The SMILES string of the molecule is C=CC(=O)OCCCOC(=O)CCC(C)C. The van der Waals surface area contributed by atoms with E-state index in [1.54, 1.807) is 0 Å². The van der Waals surface area contributed by atoms with Gasteiger partial charge in [0.2, 0.25) is 0 Å². The zero-order valence-electron chi connectivity index (χ0n) is 10.0. The summed E-state index contributed by atoms with van der Waals surface area (Å²) in [7, 11) is 0. The lowest BCUT2D eigenvalue weighted by Gasteiger charge is -2.06. The fourth-order valence-electron chi connectivity index (χ4n) is 0.955. The van der Waals surface area contributed by atoms with E-state index in [1.165, 1.54) is 0 Å². The number of ether oxygens (including phenoxy) is 2. The van der Waals surface area contributed by atoms with Gasteiger partial charge in [-0.15, -0.1) is 0 Å². The minimum atomic E-state index is -0.453. The second-order valence-corrected chi connectivity index (χ2v) is 3.88. The molecule has 92 valence electrons. The lowest BCUT2D eigenvalue weighted by molar-refractivity contribution is -0.144. The molecule has 0 spiro atoms. The van der Waals surface area contributed by atoms with Gasteiger partial charge in [-0.3, -0.25) is 4.79 Å². The molecule has 0 aromatic rings. The first-order valence-corrected chi connectivity index (χ1v) is 5.51. The van der Waals surface area contributed by atoms with Crippen molar-refractivity contribution in [1.82, 2.24) is 0 Å². The molecule has 4 nitrogen and oxygen atoms in total. The summed E-state index contributed by atoms with van der Waals surface area (Å²) in [6.45, 7) is 7.93. The first-order chi connectivity index (χ1) is 7.56. The van der Waals surface area contributed by atoms with Gasteiger partial charge in [0.1, 0.15) is 0 Å². The molecule has 0 aromatic heterocycles. The molecular weight excluding hydrogens is 208 g/mol. The highest BCUT2D eigenvalue weighted by atomic mass is 16.5. The Bertz CT molecular complexity index is 233. The van der Waals surface area contributed by atoms with E-state index in [2.05, 4.69) is 20.4 Å². The Hall–Kier alpha value is -1.32. The van der Waals surface area contributed by atoms with Crippen LogP contribution in [-0.2, 0) is 19.1 Å². The van der Waals surface area contributed by atoms with E-state index in [-0.39, 0.29) is 12.6 Å². The maximum absolute atomic E-state index is 11.2. The van der Waals surface area contributed by atoms with Gasteiger partial charge in [0, 0.05) is 18.9 Å². The van der Waals surface area contributed by atoms with E-state index in [4.69, 9.17) is 9.47 Å². The van der Waals surface area contributed by atoms with E-state index in [1.807, 2.05) is 0 Å². The molecule has 0 aromatic carbocycles.